The maximum atomic E-state index is 2.60. The van der Waals surface area contributed by atoms with E-state index in [0.29, 0.717) is 5.92 Å². The molecule has 1 nitrogen and oxygen atoms in total. The molecule has 0 bridgehead atoms. The Labute approximate surface area is 373 Å². The third-order valence-electron chi connectivity index (χ3n) is 14.9. The van der Waals surface area contributed by atoms with Crippen LogP contribution in [0.2, 0.25) is 0 Å². The molecule has 1 fully saturated rings. The van der Waals surface area contributed by atoms with Gasteiger partial charge in [0, 0.05) is 22.4 Å². The van der Waals surface area contributed by atoms with Gasteiger partial charge in [-0.25, -0.2) is 0 Å². The lowest BCUT2D eigenvalue weighted by Crippen LogP contribution is -2.72. The zero-order valence-corrected chi connectivity index (χ0v) is 37.2. The maximum absolute atomic E-state index is 2.73. The zero-order valence-electron chi connectivity index (χ0n) is 36.2. The van der Waals surface area contributed by atoms with Crippen LogP contribution in [0.5, 0.6) is 0 Å². The van der Waals surface area contributed by atoms with Crippen molar-refractivity contribution in [1.82, 2.24) is 0 Å². The summed E-state index contributed by atoms with van der Waals surface area (Å²) in [6, 6.07) is 79.1. The van der Waals surface area contributed by atoms with Crippen molar-refractivity contribution in [2.75, 3.05) is 4.90 Å². The van der Waals surface area contributed by atoms with Gasteiger partial charge in [-0.1, -0.05) is 209 Å². The van der Waals surface area contributed by atoms with Crippen molar-refractivity contribution in [3.05, 3.63) is 223 Å². The van der Waals surface area contributed by atoms with E-state index >= 15 is 0 Å². The predicted octanol–water partition coefficient (Wildman–Crippen LogP) is 13.7. The molecule has 1 saturated carbocycles. The molecule has 1 aliphatic heterocycles. The molecule has 9 aromatic rings. The van der Waals surface area contributed by atoms with E-state index in [1.807, 2.05) is 0 Å². The summed E-state index contributed by atoms with van der Waals surface area (Å²) in [7, 11) is -2.73. The molecule has 0 N–H and O–H groups in total. The van der Waals surface area contributed by atoms with Gasteiger partial charge in [0.05, 0.1) is 5.69 Å². The van der Waals surface area contributed by atoms with Crippen LogP contribution in [-0.2, 0) is 5.41 Å². The van der Waals surface area contributed by atoms with Gasteiger partial charge in [0.25, 0.3) is 0 Å². The lowest BCUT2D eigenvalue weighted by atomic mass is 9.82. The molecule has 9 aromatic carbocycles. The Balaban J connectivity index is 1.11. The van der Waals surface area contributed by atoms with Crippen molar-refractivity contribution in [3.8, 4) is 33.4 Å². The van der Waals surface area contributed by atoms with E-state index in [2.05, 4.69) is 225 Å². The molecule has 0 radical (unpaired) electrons. The fourth-order valence-corrected chi connectivity index (χ4v) is 17.2. The second-order valence-corrected chi connectivity index (χ2v) is 22.4. The summed E-state index contributed by atoms with van der Waals surface area (Å²) < 4.78 is 0. The summed E-state index contributed by atoms with van der Waals surface area (Å²) in [6.07, 6.45) is 6.60. The Kier molecular flexibility index (Phi) is 9.02. The van der Waals surface area contributed by atoms with Crippen LogP contribution < -0.4 is 25.6 Å². The third-order valence-corrected chi connectivity index (χ3v) is 19.8. The number of hydrogen-bond donors (Lipinski definition) is 0. The molecule has 0 saturated heterocycles. The summed E-state index contributed by atoms with van der Waals surface area (Å²) >= 11 is 0. The minimum absolute atomic E-state index is 0.123. The maximum Gasteiger partial charge on any atom is 0.180 e. The molecule has 0 spiro atoms. The van der Waals surface area contributed by atoms with Gasteiger partial charge in [0.2, 0.25) is 0 Å². The van der Waals surface area contributed by atoms with Gasteiger partial charge in [-0.15, -0.1) is 0 Å². The van der Waals surface area contributed by atoms with Gasteiger partial charge in [-0.05, 0) is 125 Å². The number of nitrogens with zero attached hydrogens (tertiary/aromatic N) is 1. The van der Waals surface area contributed by atoms with Gasteiger partial charge < -0.3 is 4.90 Å². The van der Waals surface area contributed by atoms with Crippen molar-refractivity contribution < 1.29 is 0 Å². The molecule has 304 valence electrons. The van der Waals surface area contributed by atoms with Gasteiger partial charge >= 0.3 is 0 Å². The smallest absolute Gasteiger partial charge is 0.180 e. The predicted molar refractivity (Wildman–Crippen MR) is 270 cm³/mol. The summed E-state index contributed by atoms with van der Waals surface area (Å²) in [6.45, 7) is 4.79. The molecule has 0 amide bonds. The SMILES string of the molecule is CC1(C)c2ccccc2-c2ccc(N(c3ccc(C4CCCCC4)cc3)c3ccc4ccccc4c3-c3ccc4c(c3)[Si](c3ccccc3)(c3ccccc3)c3ccccc3-4)cc21. The standard InChI is InChI=1S/C61H51NSi/c1-61(2)55-28-16-14-26-51(55)52-38-36-47(41-56(52)61)62(46-34-30-43(31-35-46)42-18-6-3-7-19-42)57-39-33-44-20-12-13-25-50(44)60(57)45-32-37-54-53-27-15-17-29-58(53)63(59(54)40-45,48-21-8-4-9-22-48)49-23-10-5-11-24-49/h4-5,8-17,20-42H,3,6-7,18-19H2,1-2H3. The molecule has 12 rings (SSSR count). The monoisotopic (exact) mass is 825 g/mol. The van der Waals surface area contributed by atoms with Crippen LogP contribution in [0.25, 0.3) is 44.2 Å². The van der Waals surface area contributed by atoms with E-state index in [0.717, 1.165) is 0 Å². The molecule has 2 aliphatic carbocycles. The van der Waals surface area contributed by atoms with Crippen LogP contribution in [0.3, 0.4) is 0 Å². The zero-order chi connectivity index (χ0) is 42.1. The summed E-state index contributed by atoms with van der Waals surface area (Å²) in [5.41, 5.74) is 15.6. The van der Waals surface area contributed by atoms with Crippen LogP contribution in [0.1, 0.15) is 68.6 Å². The van der Waals surface area contributed by atoms with E-state index < -0.39 is 8.07 Å². The molecule has 1 heterocycles. The van der Waals surface area contributed by atoms with Crippen LogP contribution in [0.15, 0.2) is 206 Å². The number of anilines is 3. The Morgan fingerprint density at radius 3 is 1.83 bits per heavy atom. The highest BCUT2D eigenvalue weighted by Gasteiger charge is 2.48. The number of hydrogen-bond acceptors (Lipinski definition) is 1. The number of rotatable bonds is 7. The minimum atomic E-state index is -2.73. The normalized spacial score (nSPS) is 15.7. The Hall–Kier alpha value is -6.74. The molecule has 0 atom stereocenters. The first-order valence-corrected chi connectivity index (χ1v) is 25.0. The van der Waals surface area contributed by atoms with E-state index in [1.54, 1.807) is 0 Å². The molecule has 63 heavy (non-hydrogen) atoms. The first-order chi connectivity index (χ1) is 31.0. The first kappa shape index (κ1) is 38.0. The second kappa shape index (κ2) is 15.0. The van der Waals surface area contributed by atoms with Gasteiger partial charge in [-0.3, -0.25) is 0 Å². The molecule has 3 aliphatic rings. The van der Waals surface area contributed by atoms with E-state index in [4.69, 9.17) is 0 Å². The average Bonchev–Trinajstić information content (AvgIpc) is 3.77. The van der Waals surface area contributed by atoms with Gasteiger partial charge in [-0.2, -0.15) is 0 Å². The highest BCUT2D eigenvalue weighted by atomic mass is 28.3. The van der Waals surface area contributed by atoms with Gasteiger partial charge in [0.1, 0.15) is 0 Å². The van der Waals surface area contributed by atoms with Crippen LogP contribution in [0.4, 0.5) is 17.1 Å². The van der Waals surface area contributed by atoms with E-state index in [1.165, 1.54) is 131 Å². The molecule has 2 heteroatoms. The first-order valence-electron chi connectivity index (χ1n) is 23.0. The Bertz CT molecular complexity index is 3140. The fourth-order valence-electron chi connectivity index (χ4n) is 11.9. The summed E-state index contributed by atoms with van der Waals surface area (Å²) in [5.74, 6) is 0.644. The molecular formula is C61H51NSi. The van der Waals surface area contributed by atoms with Crippen molar-refractivity contribution >= 4 is 56.7 Å². The molecule has 0 unspecified atom stereocenters. The fraction of sp³-hybridized carbons (Fsp3) is 0.148. The Morgan fingerprint density at radius 1 is 0.460 bits per heavy atom. The second-order valence-electron chi connectivity index (χ2n) is 18.6. The third kappa shape index (κ3) is 5.88. The van der Waals surface area contributed by atoms with Crippen molar-refractivity contribution in [2.24, 2.45) is 0 Å². The highest BCUT2D eigenvalue weighted by molar-refractivity contribution is 7.22. The summed E-state index contributed by atoms with van der Waals surface area (Å²) in [4.78, 5) is 2.56. The van der Waals surface area contributed by atoms with Crippen LogP contribution in [-0.4, -0.2) is 8.07 Å². The minimum Gasteiger partial charge on any atom is -0.310 e. The quantitative estimate of drug-likeness (QED) is 0.145. The summed E-state index contributed by atoms with van der Waals surface area (Å²) in [5, 5.41) is 8.26. The van der Waals surface area contributed by atoms with Gasteiger partial charge in [0.15, 0.2) is 8.07 Å². The van der Waals surface area contributed by atoms with E-state index in [-0.39, 0.29) is 5.41 Å². The van der Waals surface area contributed by atoms with Crippen molar-refractivity contribution in [2.45, 2.75) is 57.3 Å². The van der Waals surface area contributed by atoms with E-state index in [9.17, 15) is 0 Å². The molecular weight excluding hydrogens is 775 g/mol. The number of benzene rings is 9. The van der Waals surface area contributed by atoms with Crippen LogP contribution in [0, 0.1) is 0 Å². The Morgan fingerprint density at radius 2 is 1.06 bits per heavy atom. The highest BCUT2D eigenvalue weighted by Crippen LogP contribution is 2.52. The largest absolute Gasteiger partial charge is 0.310 e. The van der Waals surface area contributed by atoms with Crippen LogP contribution >= 0.6 is 0 Å². The molecule has 0 aromatic heterocycles. The lowest BCUT2D eigenvalue weighted by molar-refractivity contribution is 0.443. The average molecular weight is 826 g/mol. The van der Waals surface area contributed by atoms with Crippen molar-refractivity contribution in [1.29, 1.82) is 0 Å². The van der Waals surface area contributed by atoms with Crippen molar-refractivity contribution in [3.63, 3.8) is 0 Å². The lowest BCUT2D eigenvalue weighted by Gasteiger charge is -2.32. The number of fused-ring (bicyclic) bond motifs is 7. The topological polar surface area (TPSA) is 3.24 Å².